The minimum Gasteiger partial charge on any atom is -0.496 e. The lowest BCUT2D eigenvalue weighted by Crippen LogP contribution is -2.13. The van der Waals surface area contributed by atoms with E-state index in [1.807, 2.05) is 0 Å². The van der Waals surface area contributed by atoms with Gasteiger partial charge in [0, 0.05) is 5.69 Å². The maximum absolute atomic E-state index is 13.3. The van der Waals surface area contributed by atoms with Gasteiger partial charge in [0.15, 0.2) is 5.58 Å². The van der Waals surface area contributed by atoms with Gasteiger partial charge in [0.1, 0.15) is 11.6 Å². The molecule has 0 aliphatic carbocycles. The molecule has 6 nitrogen and oxygen atoms in total. The van der Waals surface area contributed by atoms with Gasteiger partial charge in [-0.2, -0.15) is 0 Å². The smallest absolute Gasteiger partial charge is 0.417 e. The number of rotatable bonds is 3. The lowest BCUT2D eigenvalue weighted by Gasteiger charge is -2.09. The predicted molar refractivity (Wildman–Crippen MR) is 77.7 cm³/mol. The highest BCUT2D eigenvalue weighted by Gasteiger charge is 2.14. The van der Waals surface area contributed by atoms with Crippen molar-refractivity contribution in [2.75, 3.05) is 12.4 Å². The van der Waals surface area contributed by atoms with Gasteiger partial charge in [-0.15, -0.1) is 0 Å². The van der Waals surface area contributed by atoms with Crippen molar-refractivity contribution in [2.45, 2.75) is 0 Å². The second kappa shape index (κ2) is 5.36. The Bertz CT molecular complexity index is 913. The van der Waals surface area contributed by atoms with Crippen molar-refractivity contribution >= 4 is 22.7 Å². The number of oxazole rings is 1. The largest absolute Gasteiger partial charge is 0.496 e. The van der Waals surface area contributed by atoms with Crippen LogP contribution in [0.25, 0.3) is 11.1 Å². The third-order valence-corrected chi connectivity index (χ3v) is 3.08. The van der Waals surface area contributed by atoms with E-state index in [-0.39, 0.29) is 11.3 Å². The summed E-state index contributed by atoms with van der Waals surface area (Å²) in [5, 5.41) is 2.61. The highest BCUT2D eigenvalue weighted by atomic mass is 19.1. The molecular formula is C15H11FN2O4. The molecule has 1 amide bonds. The van der Waals surface area contributed by atoms with E-state index >= 15 is 0 Å². The number of benzene rings is 2. The van der Waals surface area contributed by atoms with Gasteiger partial charge in [-0.1, -0.05) is 0 Å². The van der Waals surface area contributed by atoms with Gasteiger partial charge in [-0.3, -0.25) is 9.78 Å². The van der Waals surface area contributed by atoms with Gasteiger partial charge >= 0.3 is 5.76 Å². The number of aromatic nitrogens is 1. The zero-order valence-corrected chi connectivity index (χ0v) is 11.5. The Hall–Kier alpha value is -3.09. The fraction of sp³-hybridized carbons (Fsp3) is 0.0667. The summed E-state index contributed by atoms with van der Waals surface area (Å²) >= 11 is 0. The molecule has 2 aromatic carbocycles. The number of halogens is 1. The second-order valence-electron chi connectivity index (χ2n) is 4.52. The zero-order chi connectivity index (χ0) is 15.7. The van der Waals surface area contributed by atoms with Crippen molar-refractivity contribution in [1.82, 2.24) is 4.98 Å². The first-order valence-corrected chi connectivity index (χ1v) is 6.34. The number of carbonyl (C=O) groups excluding carboxylic acids is 1. The number of anilines is 1. The number of hydrogen-bond acceptors (Lipinski definition) is 4. The van der Waals surface area contributed by atoms with E-state index in [4.69, 9.17) is 9.15 Å². The van der Waals surface area contributed by atoms with Gasteiger partial charge in [-0.05, 0) is 36.4 Å². The molecule has 0 aliphatic heterocycles. The Kier molecular flexibility index (Phi) is 3.38. The van der Waals surface area contributed by atoms with Gasteiger partial charge < -0.3 is 14.5 Å². The van der Waals surface area contributed by atoms with E-state index in [1.54, 1.807) is 18.2 Å². The molecule has 0 unspecified atom stereocenters. The molecule has 2 N–H and O–H groups in total. The zero-order valence-electron chi connectivity index (χ0n) is 11.5. The standard InChI is InChI=1S/C15H11FN2O4/c1-21-12-4-2-8(16)6-10(12)14(19)17-9-3-5-13-11(7-9)18-15(20)22-13/h2-7H,1H3,(H,17,19)(H,18,20). The normalized spacial score (nSPS) is 10.6. The fourth-order valence-electron chi connectivity index (χ4n) is 2.09. The fourth-order valence-corrected chi connectivity index (χ4v) is 2.09. The molecule has 3 rings (SSSR count). The van der Waals surface area contributed by atoms with Crippen molar-refractivity contribution in [1.29, 1.82) is 0 Å². The Labute approximate surface area is 123 Å². The Morgan fingerprint density at radius 1 is 1.27 bits per heavy atom. The summed E-state index contributed by atoms with van der Waals surface area (Å²) in [6, 6.07) is 8.34. The first-order valence-electron chi connectivity index (χ1n) is 6.34. The van der Waals surface area contributed by atoms with Crippen LogP contribution >= 0.6 is 0 Å². The first kappa shape index (κ1) is 13.9. The number of nitrogens with one attached hydrogen (secondary N) is 2. The summed E-state index contributed by atoms with van der Waals surface area (Å²) in [6.45, 7) is 0. The van der Waals surface area contributed by atoms with Crippen molar-refractivity contribution in [3.05, 3.63) is 58.3 Å². The molecule has 1 aromatic heterocycles. The summed E-state index contributed by atoms with van der Waals surface area (Å²) in [7, 11) is 1.40. The average Bonchev–Trinajstić information content (AvgIpc) is 2.86. The van der Waals surface area contributed by atoms with Crippen LogP contribution in [0.15, 0.2) is 45.6 Å². The van der Waals surface area contributed by atoms with Crippen LogP contribution in [-0.2, 0) is 0 Å². The molecule has 0 saturated carbocycles. The van der Waals surface area contributed by atoms with Gasteiger partial charge in [0.25, 0.3) is 5.91 Å². The molecule has 0 spiro atoms. The number of amides is 1. The number of hydrogen-bond donors (Lipinski definition) is 2. The Balaban J connectivity index is 1.92. The van der Waals surface area contributed by atoms with Crippen molar-refractivity contribution in [2.24, 2.45) is 0 Å². The molecule has 3 aromatic rings. The van der Waals surface area contributed by atoms with Crippen LogP contribution in [0.4, 0.5) is 10.1 Å². The number of carbonyl (C=O) groups is 1. The lowest BCUT2D eigenvalue weighted by molar-refractivity contribution is 0.102. The molecule has 22 heavy (non-hydrogen) atoms. The molecule has 112 valence electrons. The van der Waals surface area contributed by atoms with Gasteiger partial charge in [-0.25, -0.2) is 9.18 Å². The van der Waals surface area contributed by atoms with Crippen molar-refractivity contribution < 1.29 is 18.3 Å². The third kappa shape index (κ3) is 2.56. The number of fused-ring (bicyclic) bond motifs is 1. The van der Waals surface area contributed by atoms with Crippen LogP contribution in [0.2, 0.25) is 0 Å². The van der Waals surface area contributed by atoms with E-state index in [2.05, 4.69) is 10.3 Å². The lowest BCUT2D eigenvalue weighted by atomic mass is 10.1. The molecule has 1 heterocycles. The molecular weight excluding hydrogens is 291 g/mol. The summed E-state index contributed by atoms with van der Waals surface area (Å²) in [6.07, 6.45) is 0. The van der Waals surface area contributed by atoms with Crippen LogP contribution in [0.5, 0.6) is 5.75 Å². The van der Waals surface area contributed by atoms with Crippen LogP contribution in [0, 0.1) is 5.82 Å². The Morgan fingerprint density at radius 2 is 2.09 bits per heavy atom. The maximum atomic E-state index is 13.3. The Morgan fingerprint density at radius 3 is 2.86 bits per heavy atom. The predicted octanol–water partition coefficient (Wildman–Crippen LogP) is 2.52. The number of methoxy groups -OCH3 is 1. The van der Waals surface area contributed by atoms with E-state index < -0.39 is 17.5 Å². The molecule has 0 atom stereocenters. The van der Waals surface area contributed by atoms with E-state index in [9.17, 15) is 14.0 Å². The van der Waals surface area contributed by atoms with E-state index in [1.165, 1.54) is 19.2 Å². The number of aromatic amines is 1. The minimum atomic E-state index is -0.578. The van der Waals surface area contributed by atoms with Gasteiger partial charge in [0.2, 0.25) is 0 Å². The second-order valence-corrected chi connectivity index (χ2v) is 4.52. The molecule has 0 aliphatic rings. The van der Waals surface area contributed by atoms with E-state index in [0.717, 1.165) is 6.07 Å². The van der Waals surface area contributed by atoms with Crippen LogP contribution in [0.3, 0.4) is 0 Å². The number of H-pyrrole nitrogens is 1. The topological polar surface area (TPSA) is 84.3 Å². The SMILES string of the molecule is COc1ccc(F)cc1C(=O)Nc1ccc2oc(=O)[nH]c2c1. The van der Waals surface area contributed by atoms with Crippen LogP contribution < -0.4 is 15.8 Å². The quantitative estimate of drug-likeness (QED) is 0.778. The average molecular weight is 302 g/mol. The molecule has 0 saturated heterocycles. The van der Waals surface area contributed by atoms with Crippen LogP contribution in [0.1, 0.15) is 10.4 Å². The summed E-state index contributed by atoms with van der Waals surface area (Å²) in [5.74, 6) is -1.39. The van der Waals surface area contributed by atoms with Gasteiger partial charge in [0.05, 0.1) is 18.2 Å². The monoisotopic (exact) mass is 302 g/mol. The third-order valence-electron chi connectivity index (χ3n) is 3.08. The summed E-state index contributed by atoms with van der Waals surface area (Å²) < 4.78 is 23.2. The molecule has 0 radical (unpaired) electrons. The minimum absolute atomic E-state index is 0.0725. The molecule has 0 bridgehead atoms. The van der Waals surface area contributed by atoms with Crippen molar-refractivity contribution in [3.8, 4) is 5.75 Å². The summed E-state index contributed by atoms with van der Waals surface area (Å²) in [4.78, 5) is 25.8. The molecule has 0 fully saturated rings. The maximum Gasteiger partial charge on any atom is 0.417 e. The number of ether oxygens (including phenoxy) is 1. The molecule has 7 heteroatoms. The first-order chi connectivity index (χ1) is 10.6. The summed E-state index contributed by atoms with van der Waals surface area (Å²) in [5.41, 5.74) is 1.34. The van der Waals surface area contributed by atoms with Crippen LogP contribution in [-0.4, -0.2) is 18.0 Å². The highest BCUT2D eigenvalue weighted by Crippen LogP contribution is 2.22. The van der Waals surface area contributed by atoms with E-state index in [0.29, 0.717) is 16.8 Å². The van der Waals surface area contributed by atoms with Crippen molar-refractivity contribution in [3.63, 3.8) is 0 Å². The highest BCUT2D eigenvalue weighted by molar-refractivity contribution is 6.06.